The lowest BCUT2D eigenvalue weighted by Crippen LogP contribution is -2.46. The molecular weight excluding hydrogens is 212 g/mol. The van der Waals surface area contributed by atoms with Crippen LogP contribution >= 0.6 is 0 Å². The predicted molar refractivity (Wildman–Crippen MR) is 69.9 cm³/mol. The first-order valence-electron chi connectivity index (χ1n) is 7.18. The lowest BCUT2D eigenvalue weighted by Gasteiger charge is -2.37. The van der Waals surface area contributed by atoms with E-state index in [4.69, 9.17) is 0 Å². The maximum absolute atomic E-state index is 11.9. The second kappa shape index (κ2) is 5.85. The molecule has 0 bridgehead atoms. The third kappa shape index (κ3) is 3.44. The van der Waals surface area contributed by atoms with Gasteiger partial charge in [0.15, 0.2) is 0 Å². The zero-order valence-electron chi connectivity index (χ0n) is 11.3. The molecule has 0 spiro atoms. The molecule has 2 saturated heterocycles. The number of carbonyl (C=O) groups is 1. The molecule has 3 heteroatoms. The Morgan fingerprint density at radius 3 is 2.24 bits per heavy atom. The summed E-state index contributed by atoms with van der Waals surface area (Å²) in [6.07, 6.45) is 5.82. The molecular formula is C14H26N2O. The Bertz CT molecular complexity index is 251. The zero-order valence-corrected chi connectivity index (χ0v) is 11.3. The van der Waals surface area contributed by atoms with Gasteiger partial charge in [0, 0.05) is 25.6 Å². The molecule has 0 aliphatic carbocycles. The summed E-state index contributed by atoms with van der Waals surface area (Å²) < 4.78 is 0. The van der Waals surface area contributed by atoms with Crippen LogP contribution in [0.4, 0.5) is 0 Å². The minimum atomic E-state index is 0.361. The van der Waals surface area contributed by atoms with Gasteiger partial charge in [-0.05, 0) is 44.7 Å². The number of nitrogens with zero attached hydrogens (tertiary/aromatic N) is 2. The topological polar surface area (TPSA) is 23.6 Å². The fourth-order valence-electron chi connectivity index (χ4n) is 3.07. The van der Waals surface area contributed by atoms with Crippen molar-refractivity contribution in [3.8, 4) is 0 Å². The Hall–Kier alpha value is -0.570. The van der Waals surface area contributed by atoms with Crippen molar-refractivity contribution < 1.29 is 4.79 Å². The molecule has 0 atom stereocenters. The standard InChI is InChI=1S/C14H26N2O/c1-12(2)11-14(17)16-9-5-13(6-10-16)15-7-3-4-8-15/h12-13H,3-11H2,1-2H3. The van der Waals surface area contributed by atoms with Crippen LogP contribution in [0, 0.1) is 5.92 Å². The van der Waals surface area contributed by atoms with Gasteiger partial charge < -0.3 is 9.80 Å². The van der Waals surface area contributed by atoms with E-state index in [0.29, 0.717) is 18.2 Å². The highest BCUT2D eigenvalue weighted by Crippen LogP contribution is 2.21. The molecule has 2 aliphatic heterocycles. The number of rotatable bonds is 3. The Labute approximate surface area is 105 Å². The molecule has 0 N–H and O–H groups in total. The van der Waals surface area contributed by atoms with E-state index < -0.39 is 0 Å². The fourth-order valence-corrected chi connectivity index (χ4v) is 3.07. The number of piperidine rings is 1. The van der Waals surface area contributed by atoms with Gasteiger partial charge in [-0.15, -0.1) is 0 Å². The maximum atomic E-state index is 11.9. The quantitative estimate of drug-likeness (QED) is 0.752. The van der Waals surface area contributed by atoms with E-state index in [1.807, 2.05) is 0 Å². The Morgan fingerprint density at radius 2 is 1.71 bits per heavy atom. The van der Waals surface area contributed by atoms with Gasteiger partial charge in [-0.2, -0.15) is 0 Å². The number of likely N-dealkylation sites (tertiary alicyclic amines) is 2. The third-order valence-corrected chi connectivity index (χ3v) is 4.06. The number of hydrogen-bond acceptors (Lipinski definition) is 2. The van der Waals surface area contributed by atoms with Crippen LogP contribution in [0.1, 0.15) is 46.0 Å². The summed E-state index contributed by atoms with van der Waals surface area (Å²) in [6.45, 7) is 8.76. The molecule has 2 aliphatic rings. The average Bonchev–Trinajstić information content (AvgIpc) is 2.82. The fraction of sp³-hybridized carbons (Fsp3) is 0.929. The summed E-state index contributed by atoms with van der Waals surface area (Å²) in [5.41, 5.74) is 0. The first kappa shape index (κ1) is 12.9. The molecule has 0 saturated carbocycles. The van der Waals surface area contributed by atoms with Crippen LogP contribution in [0.15, 0.2) is 0 Å². The number of amides is 1. The van der Waals surface area contributed by atoms with E-state index in [-0.39, 0.29) is 0 Å². The normalized spacial score (nSPS) is 23.6. The van der Waals surface area contributed by atoms with Gasteiger partial charge in [0.05, 0.1) is 0 Å². The van der Waals surface area contributed by atoms with E-state index in [0.717, 1.165) is 19.1 Å². The highest BCUT2D eigenvalue weighted by molar-refractivity contribution is 5.76. The van der Waals surface area contributed by atoms with Crippen LogP contribution in [0.3, 0.4) is 0 Å². The van der Waals surface area contributed by atoms with Crippen molar-refractivity contribution >= 4 is 5.91 Å². The molecule has 2 heterocycles. The van der Waals surface area contributed by atoms with Crippen molar-refractivity contribution in [3.63, 3.8) is 0 Å². The Balaban J connectivity index is 1.75. The second-order valence-electron chi connectivity index (χ2n) is 5.95. The van der Waals surface area contributed by atoms with E-state index >= 15 is 0 Å². The van der Waals surface area contributed by atoms with Gasteiger partial charge >= 0.3 is 0 Å². The molecule has 0 radical (unpaired) electrons. The van der Waals surface area contributed by atoms with Crippen molar-refractivity contribution in [1.29, 1.82) is 0 Å². The number of carbonyl (C=O) groups excluding carboxylic acids is 1. The predicted octanol–water partition coefficient (Wildman–Crippen LogP) is 2.12. The Morgan fingerprint density at radius 1 is 1.12 bits per heavy atom. The minimum Gasteiger partial charge on any atom is -0.343 e. The zero-order chi connectivity index (χ0) is 12.3. The van der Waals surface area contributed by atoms with E-state index in [2.05, 4.69) is 23.6 Å². The average molecular weight is 238 g/mol. The van der Waals surface area contributed by atoms with Crippen molar-refractivity contribution in [2.45, 2.75) is 52.0 Å². The first-order valence-corrected chi connectivity index (χ1v) is 7.18. The van der Waals surface area contributed by atoms with Gasteiger partial charge in [0.25, 0.3) is 0 Å². The van der Waals surface area contributed by atoms with E-state index in [1.54, 1.807) is 0 Å². The lowest BCUT2D eigenvalue weighted by molar-refractivity contribution is -0.133. The van der Waals surface area contributed by atoms with Crippen molar-refractivity contribution in [3.05, 3.63) is 0 Å². The van der Waals surface area contributed by atoms with Gasteiger partial charge in [-0.1, -0.05) is 13.8 Å². The van der Waals surface area contributed by atoms with E-state index in [1.165, 1.54) is 38.8 Å². The minimum absolute atomic E-state index is 0.361. The highest BCUT2D eigenvalue weighted by Gasteiger charge is 2.28. The van der Waals surface area contributed by atoms with Gasteiger partial charge in [-0.3, -0.25) is 4.79 Å². The van der Waals surface area contributed by atoms with Gasteiger partial charge in [0.1, 0.15) is 0 Å². The van der Waals surface area contributed by atoms with Gasteiger partial charge in [-0.25, -0.2) is 0 Å². The molecule has 2 rings (SSSR count). The van der Waals surface area contributed by atoms with Crippen LogP contribution in [-0.2, 0) is 4.79 Å². The van der Waals surface area contributed by atoms with Crippen LogP contribution in [0.2, 0.25) is 0 Å². The van der Waals surface area contributed by atoms with Gasteiger partial charge in [0.2, 0.25) is 5.91 Å². The van der Waals surface area contributed by atoms with Crippen molar-refractivity contribution in [1.82, 2.24) is 9.80 Å². The molecule has 17 heavy (non-hydrogen) atoms. The smallest absolute Gasteiger partial charge is 0.222 e. The largest absolute Gasteiger partial charge is 0.343 e. The summed E-state index contributed by atoms with van der Waals surface area (Å²) in [6, 6.07) is 0.751. The van der Waals surface area contributed by atoms with Crippen LogP contribution in [0.25, 0.3) is 0 Å². The SMILES string of the molecule is CC(C)CC(=O)N1CCC(N2CCCC2)CC1. The molecule has 3 nitrogen and oxygen atoms in total. The summed E-state index contributed by atoms with van der Waals surface area (Å²) in [5.74, 6) is 0.846. The molecule has 2 fully saturated rings. The molecule has 0 aromatic rings. The lowest BCUT2D eigenvalue weighted by atomic mass is 10.0. The van der Waals surface area contributed by atoms with Crippen molar-refractivity contribution in [2.75, 3.05) is 26.2 Å². The van der Waals surface area contributed by atoms with Crippen LogP contribution < -0.4 is 0 Å². The second-order valence-corrected chi connectivity index (χ2v) is 5.95. The van der Waals surface area contributed by atoms with Crippen LogP contribution in [0.5, 0.6) is 0 Å². The first-order chi connectivity index (χ1) is 8.16. The molecule has 0 aromatic heterocycles. The molecule has 1 amide bonds. The van der Waals surface area contributed by atoms with E-state index in [9.17, 15) is 4.79 Å². The van der Waals surface area contributed by atoms with Crippen molar-refractivity contribution in [2.24, 2.45) is 5.92 Å². The van der Waals surface area contributed by atoms with Crippen LogP contribution in [-0.4, -0.2) is 47.9 Å². The molecule has 0 unspecified atom stereocenters. The number of hydrogen-bond donors (Lipinski definition) is 0. The maximum Gasteiger partial charge on any atom is 0.222 e. The summed E-state index contributed by atoms with van der Waals surface area (Å²) >= 11 is 0. The third-order valence-electron chi connectivity index (χ3n) is 4.06. The summed E-state index contributed by atoms with van der Waals surface area (Å²) in [5, 5.41) is 0. The summed E-state index contributed by atoms with van der Waals surface area (Å²) in [4.78, 5) is 16.7. The summed E-state index contributed by atoms with van der Waals surface area (Å²) in [7, 11) is 0. The molecule has 0 aromatic carbocycles. The Kier molecular flexibility index (Phi) is 4.43. The monoisotopic (exact) mass is 238 g/mol. The molecule has 98 valence electrons. The highest BCUT2D eigenvalue weighted by atomic mass is 16.2.